The molecular weight excluding hydrogens is 621 g/mol. The molecule has 0 amide bonds. The Morgan fingerprint density at radius 2 is 1.82 bits per heavy atom. The van der Waals surface area contributed by atoms with Crippen LogP contribution in [0.4, 0.5) is 0 Å². The standard InChI is InChI=1S/C33H40O8S3/c1-22-7-3-2-4-8-24-19-25(34)20-27(24)28(13-14-31(36)40-22)41-32(37)16-15-30(35)39-18-6-5-17-38-26-11-9-23(10-12-26)29-21-33(42)44-43-29/h4,8-14,21-22,24-25,27-28,34H,2-3,5-7,15-20H2,1H3/b8-4+,14-13+/t22-,24+,25-,27+,28+/m0/s1. The van der Waals surface area contributed by atoms with E-state index >= 15 is 0 Å². The van der Waals surface area contributed by atoms with Gasteiger partial charge < -0.3 is 24.1 Å². The molecule has 1 aromatic carbocycles. The first-order chi connectivity index (χ1) is 21.3. The molecule has 0 radical (unpaired) electrons. The minimum Gasteiger partial charge on any atom is -0.494 e. The highest BCUT2D eigenvalue weighted by Gasteiger charge is 2.38. The largest absolute Gasteiger partial charge is 0.494 e. The van der Waals surface area contributed by atoms with E-state index in [2.05, 4.69) is 12.2 Å². The summed E-state index contributed by atoms with van der Waals surface area (Å²) in [5.41, 5.74) is 1.11. The summed E-state index contributed by atoms with van der Waals surface area (Å²) in [5, 5.41) is 10.3. The van der Waals surface area contributed by atoms with Gasteiger partial charge in [-0.05, 0) is 99.8 Å². The molecule has 1 N–H and O–H groups in total. The molecule has 0 spiro atoms. The lowest BCUT2D eigenvalue weighted by Crippen LogP contribution is -2.28. The summed E-state index contributed by atoms with van der Waals surface area (Å²) in [5.74, 6) is -0.918. The third-order valence-corrected chi connectivity index (χ3v) is 10.5. The zero-order chi connectivity index (χ0) is 31.3. The topological polar surface area (TPSA) is 108 Å². The predicted octanol–water partition coefficient (Wildman–Crippen LogP) is 7.22. The van der Waals surface area contributed by atoms with E-state index in [-0.39, 0.29) is 37.4 Å². The third kappa shape index (κ3) is 11.3. The first-order valence-corrected chi connectivity index (χ1v) is 17.7. The minimum atomic E-state index is -0.721. The van der Waals surface area contributed by atoms with Crippen molar-refractivity contribution >= 4 is 50.8 Å². The molecule has 2 heterocycles. The number of aliphatic hydroxyl groups is 1. The molecule has 2 aliphatic rings. The highest BCUT2D eigenvalue weighted by molar-refractivity contribution is 7.80. The van der Waals surface area contributed by atoms with E-state index in [4.69, 9.17) is 31.2 Å². The molecule has 1 aliphatic heterocycles. The maximum Gasteiger partial charge on any atom is 0.330 e. The number of allylic oxidation sites excluding steroid dienone is 2. The van der Waals surface area contributed by atoms with Gasteiger partial charge in [-0.25, -0.2) is 4.79 Å². The molecule has 0 unspecified atom stereocenters. The van der Waals surface area contributed by atoms with Crippen molar-refractivity contribution in [2.45, 2.75) is 83.0 Å². The first kappa shape index (κ1) is 34.0. The number of rotatable bonds is 11. The number of ether oxygens (including phenoxy) is 4. The SMILES string of the molecule is C[C@H]1CCC/C=C/[C@@H]2C[C@H](O)C[C@H]2[C@H](OC(=O)CCC(=O)OCCCCOc2ccc(-c3cc(=S)ss3)cc2)/C=C/C(=O)O1. The Morgan fingerprint density at radius 1 is 1.05 bits per heavy atom. The van der Waals surface area contributed by atoms with Crippen molar-refractivity contribution in [1.29, 1.82) is 0 Å². The molecule has 0 bridgehead atoms. The number of fused-ring (bicyclic) bond motifs is 1. The molecule has 5 atom stereocenters. The summed E-state index contributed by atoms with van der Waals surface area (Å²) >= 11 is 5.20. The Bertz CT molecular complexity index is 1350. The number of hydrogen-bond donors (Lipinski definition) is 1. The van der Waals surface area contributed by atoms with Crippen molar-refractivity contribution in [3.8, 4) is 16.2 Å². The normalized spacial score (nSPS) is 25.3. The second kappa shape index (κ2) is 17.6. The summed E-state index contributed by atoms with van der Waals surface area (Å²) in [6, 6.07) is 9.88. The van der Waals surface area contributed by atoms with Crippen LogP contribution in [-0.2, 0) is 28.6 Å². The van der Waals surface area contributed by atoms with E-state index in [1.807, 2.05) is 37.3 Å². The number of aliphatic hydroxyl groups excluding tert-OH is 1. The van der Waals surface area contributed by atoms with Crippen LogP contribution in [0.25, 0.3) is 10.4 Å². The molecule has 1 saturated carbocycles. The lowest BCUT2D eigenvalue weighted by atomic mass is 9.89. The van der Waals surface area contributed by atoms with E-state index < -0.39 is 30.1 Å². The van der Waals surface area contributed by atoms with Crippen LogP contribution in [-0.4, -0.2) is 54.5 Å². The first-order valence-electron chi connectivity index (χ1n) is 15.2. The summed E-state index contributed by atoms with van der Waals surface area (Å²) < 4.78 is 23.1. The van der Waals surface area contributed by atoms with Gasteiger partial charge in [0.15, 0.2) is 0 Å². The maximum atomic E-state index is 12.7. The molecule has 1 aromatic heterocycles. The quantitative estimate of drug-likeness (QED) is 0.0668. The summed E-state index contributed by atoms with van der Waals surface area (Å²) in [4.78, 5) is 38.4. The smallest absolute Gasteiger partial charge is 0.330 e. The number of esters is 3. The summed E-state index contributed by atoms with van der Waals surface area (Å²) in [6.45, 7) is 2.59. The zero-order valence-electron chi connectivity index (χ0n) is 24.9. The molecule has 1 fully saturated rings. The van der Waals surface area contributed by atoms with Crippen LogP contribution < -0.4 is 4.74 Å². The van der Waals surface area contributed by atoms with Crippen LogP contribution in [0.15, 0.2) is 54.6 Å². The van der Waals surface area contributed by atoms with Gasteiger partial charge in [-0.2, -0.15) is 0 Å². The van der Waals surface area contributed by atoms with Crippen LogP contribution in [0.5, 0.6) is 5.75 Å². The van der Waals surface area contributed by atoms with Gasteiger partial charge in [-0.1, -0.05) is 45.1 Å². The second-order valence-electron chi connectivity index (χ2n) is 11.2. The Balaban J connectivity index is 1.16. The highest BCUT2D eigenvalue weighted by atomic mass is 32.9. The van der Waals surface area contributed by atoms with Gasteiger partial charge in [0.25, 0.3) is 0 Å². The maximum absolute atomic E-state index is 12.7. The van der Waals surface area contributed by atoms with E-state index in [1.54, 1.807) is 26.8 Å². The van der Waals surface area contributed by atoms with Gasteiger partial charge >= 0.3 is 17.9 Å². The van der Waals surface area contributed by atoms with Gasteiger partial charge in [0, 0.05) is 16.9 Å². The molecule has 11 heteroatoms. The van der Waals surface area contributed by atoms with Crippen LogP contribution >= 0.6 is 32.9 Å². The van der Waals surface area contributed by atoms with E-state index in [9.17, 15) is 19.5 Å². The highest BCUT2D eigenvalue weighted by Crippen LogP contribution is 2.38. The Morgan fingerprint density at radius 3 is 2.59 bits per heavy atom. The van der Waals surface area contributed by atoms with Crippen molar-refractivity contribution in [1.82, 2.24) is 0 Å². The van der Waals surface area contributed by atoms with Crippen LogP contribution in [0, 0.1) is 15.7 Å². The van der Waals surface area contributed by atoms with Crippen LogP contribution in [0.3, 0.4) is 0 Å². The molecule has 8 nitrogen and oxygen atoms in total. The van der Waals surface area contributed by atoms with Crippen LogP contribution in [0.2, 0.25) is 0 Å². The molecule has 4 rings (SSSR count). The average molecular weight is 661 g/mol. The minimum absolute atomic E-state index is 0.0159. The Kier molecular flexibility index (Phi) is 13.6. The molecule has 1 aliphatic carbocycles. The number of hydrogen-bond acceptors (Lipinski definition) is 11. The molecular formula is C33H40O8S3. The zero-order valence-corrected chi connectivity index (χ0v) is 27.3. The lowest BCUT2D eigenvalue weighted by molar-refractivity contribution is -0.154. The number of carbonyl (C=O) groups excluding carboxylic acids is 3. The van der Waals surface area contributed by atoms with Gasteiger partial charge in [-0.15, -0.1) is 0 Å². The van der Waals surface area contributed by atoms with Crippen molar-refractivity contribution < 1.29 is 38.4 Å². The molecule has 0 saturated heterocycles. The number of unbranched alkanes of at least 4 members (excludes halogenated alkanes) is 1. The molecule has 2 aromatic rings. The van der Waals surface area contributed by atoms with Gasteiger partial charge in [0.2, 0.25) is 0 Å². The number of benzene rings is 1. The third-order valence-electron chi connectivity index (χ3n) is 7.64. The predicted molar refractivity (Wildman–Crippen MR) is 173 cm³/mol. The monoisotopic (exact) mass is 660 g/mol. The Labute approximate surface area is 271 Å². The Hall–Kier alpha value is -2.86. The van der Waals surface area contributed by atoms with Crippen molar-refractivity contribution in [2.24, 2.45) is 11.8 Å². The number of cyclic esters (lactones) is 1. The van der Waals surface area contributed by atoms with E-state index in [0.29, 0.717) is 32.3 Å². The summed E-state index contributed by atoms with van der Waals surface area (Å²) in [7, 11) is 3.25. The lowest BCUT2D eigenvalue weighted by Gasteiger charge is -2.24. The fourth-order valence-corrected chi connectivity index (χ4v) is 7.76. The van der Waals surface area contributed by atoms with Gasteiger partial charge in [0.1, 0.15) is 15.7 Å². The number of carbonyl (C=O) groups is 3. The van der Waals surface area contributed by atoms with Crippen LogP contribution in [0.1, 0.15) is 64.7 Å². The van der Waals surface area contributed by atoms with Crippen molar-refractivity contribution in [2.75, 3.05) is 13.2 Å². The fraction of sp³-hybridized carbons (Fsp3) is 0.515. The molecule has 238 valence electrons. The summed E-state index contributed by atoms with van der Waals surface area (Å²) in [6.07, 6.45) is 10.2. The second-order valence-corrected chi connectivity index (χ2v) is 14.1. The molecule has 44 heavy (non-hydrogen) atoms. The van der Waals surface area contributed by atoms with E-state index in [0.717, 1.165) is 39.3 Å². The van der Waals surface area contributed by atoms with E-state index in [1.165, 1.54) is 6.08 Å². The van der Waals surface area contributed by atoms with Crippen molar-refractivity contribution in [3.05, 3.63) is 58.5 Å². The van der Waals surface area contributed by atoms with Gasteiger partial charge in [0.05, 0.1) is 38.3 Å². The fourth-order valence-electron chi connectivity index (χ4n) is 5.36. The average Bonchev–Trinajstić information content (AvgIpc) is 3.60. The van der Waals surface area contributed by atoms with Crippen molar-refractivity contribution in [3.63, 3.8) is 0 Å². The van der Waals surface area contributed by atoms with Gasteiger partial charge in [-0.3, -0.25) is 9.59 Å².